The molecule has 0 unspecified atom stereocenters. The molecule has 4 nitrogen and oxygen atoms in total. The summed E-state index contributed by atoms with van der Waals surface area (Å²) < 4.78 is 0. The molecule has 2 N–H and O–H groups in total. The lowest BCUT2D eigenvalue weighted by molar-refractivity contribution is 0.399. The Morgan fingerprint density at radius 1 is 1.31 bits per heavy atom. The monoisotopic (exact) mass is 226 g/mol. The van der Waals surface area contributed by atoms with Crippen LogP contribution in [0.5, 0.6) is 0 Å². The molecule has 1 fully saturated rings. The Kier molecular flexibility index (Phi) is 6.23. The van der Waals surface area contributed by atoms with Crippen molar-refractivity contribution in [2.75, 3.05) is 40.3 Å². The van der Waals surface area contributed by atoms with Crippen LogP contribution in [0, 0.1) is 5.92 Å². The van der Waals surface area contributed by atoms with Crippen molar-refractivity contribution < 1.29 is 0 Å². The van der Waals surface area contributed by atoms with E-state index in [9.17, 15) is 0 Å². The van der Waals surface area contributed by atoms with Gasteiger partial charge < -0.3 is 15.5 Å². The van der Waals surface area contributed by atoms with Gasteiger partial charge in [-0.25, -0.2) is 0 Å². The number of hydrogen-bond acceptors (Lipinski definition) is 2. The first-order chi connectivity index (χ1) is 7.72. The lowest BCUT2D eigenvalue weighted by atomic mass is 10.4. The van der Waals surface area contributed by atoms with E-state index < -0.39 is 0 Å². The van der Waals surface area contributed by atoms with Crippen molar-refractivity contribution in [2.45, 2.75) is 26.2 Å². The molecule has 0 saturated heterocycles. The molecule has 0 aromatic carbocycles. The van der Waals surface area contributed by atoms with Crippen LogP contribution in [0.25, 0.3) is 0 Å². The summed E-state index contributed by atoms with van der Waals surface area (Å²) in [6.07, 6.45) is 3.88. The second-order valence-electron chi connectivity index (χ2n) is 4.75. The minimum atomic E-state index is 0.859. The summed E-state index contributed by atoms with van der Waals surface area (Å²) >= 11 is 0. The fourth-order valence-electron chi connectivity index (χ4n) is 1.46. The Bertz CT molecular complexity index is 209. The highest BCUT2D eigenvalue weighted by atomic mass is 15.2. The third kappa shape index (κ3) is 6.67. The first-order valence-corrected chi connectivity index (χ1v) is 6.39. The third-order valence-electron chi connectivity index (χ3n) is 2.62. The van der Waals surface area contributed by atoms with Gasteiger partial charge in [0.05, 0.1) is 0 Å². The van der Waals surface area contributed by atoms with Gasteiger partial charge in [0, 0.05) is 19.6 Å². The van der Waals surface area contributed by atoms with E-state index in [2.05, 4.69) is 41.5 Å². The average Bonchev–Trinajstić information content (AvgIpc) is 3.04. The van der Waals surface area contributed by atoms with Crippen molar-refractivity contribution >= 4 is 5.96 Å². The van der Waals surface area contributed by atoms with E-state index in [1.807, 2.05) is 0 Å². The molecule has 1 rings (SSSR count). The van der Waals surface area contributed by atoms with Crippen LogP contribution in [0.15, 0.2) is 4.99 Å². The summed E-state index contributed by atoms with van der Waals surface area (Å²) in [6.45, 7) is 6.14. The van der Waals surface area contributed by atoms with Crippen molar-refractivity contribution in [1.29, 1.82) is 0 Å². The Morgan fingerprint density at radius 2 is 2.06 bits per heavy atom. The Balaban J connectivity index is 2.13. The average molecular weight is 226 g/mol. The molecule has 0 spiro atoms. The fraction of sp³-hybridized carbons (Fsp3) is 0.917. The number of aliphatic imine (C=N–C) groups is 1. The predicted octanol–water partition coefficient (Wildman–Crippen LogP) is 0.903. The van der Waals surface area contributed by atoms with E-state index in [0.717, 1.165) is 44.5 Å². The van der Waals surface area contributed by atoms with E-state index in [1.54, 1.807) is 0 Å². The molecule has 0 aromatic heterocycles. The first-order valence-electron chi connectivity index (χ1n) is 6.39. The van der Waals surface area contributed by atoms with Crippen LogP contribution in [0.3, 0.4) is 0 Å². The summed E-state index contributed by atoms with van der Waals surface area (Å²) in [6, 6.07) is 0. The molecule has 0 aliphatic heterocycles. The maximum atomic E-state index is 4.57. The number of nitrogens with zero attached hydrogens (tertiary/aromatic N) is 2. The molecule has 0 amide bonds. The van der Waals surface area contributed by atoms with Crippen LogP contribution in [-0.4, -0.2) is 51.1 Å². The van der Waals surface area contributed by atoms with E-state index >= 15 is 0 Å². The Labute approximate surface area is 99.5 Å². The minimum absolute atomic E-state index is 0.859. The number of guanidine groups is 1. The fourth-order valence-corrected chi connectivity index (χ4v) is 1.46. The van der Waals surface area contributed by atoms with Gasteiger partial charge in [-0.2, -0.15) is 0 Å². The second kappa shape index (κ2) is 7.49. The Morgan fingerprint density at radius 3 is 2.62 bits per heavy atom. The van der Waals surface area contributed by atoms with Gasteiger partial charge in [-0.3, -0.25) is 4.99 Å². The van der Waals surface area contributed by atoms with E-state index in [0.29, 0.717) is 0 Å². The summed E-state index contributed by atoms with van der Waals surface area (Å²) in [4.78, 5) is 6.78. The van der Waals surface area contributed by atoms with Crippen LogP contribution in [0.2, 0.25) is 0 Å². The molecule has 94 valence electrons. The second-order valence-corrected chi connectivity index (χ2v) is 4.75. The highest BCUT2D eigenvalue weighted by Crippen LogP contribution is 2.28. The largest absolute Gasteiger partial charge is 0.357 e. The van der Waals surface area contributed by atoms with Crippen molar-refractivity contribution in [3.63, 3.8) is 0 Å². The van der Waals surface area contributed by atoms with Gasteiger partial charge in [-0.1, -0.05) is 0 Å². The van der Waals surface area contributed by atoms with Crippen LogP contribution in [0.4, 0.5) is 0 Å². The quantitative estimate of drug-likeness (QED) is 0.385. The van der Waals surface area contributed by atoms with Gasteiger partial charge in [0.25, 0.3) is 0 Å². The van der Waals surface area contributed by atoms with Crippen molar-refractivity contribution in [3.05, 3.63) is 0 Å². The van der Waals surface area contributed by atoms with Gasteiger partial charge in [-0.05, 0) is 52.7 Å². The van der Waals surface area contributed by atoms with E-state index in [-0.39, 0.29) is 0 Å². The zero-order chi connectivity index (χ0) is 11.8. The maximum absolute atomic E-state index is 4.57. The SMILES string of the molecule is CCNC(=NCC1CC1)NCCCN(C)C. The molecule has 0 radical (unpaired) electrons. The lowest BCUT2D eigenvalue weighted by Crippen LogP contribution is -2.38. The minimum Gasteiger partial charge on any atom is -0.357 e. The van der Waals surface area contributed by atoms with E-state index in [4.69, 9.17) is 0 Å². The molecule has 16 heavy (non-hydrogen) atoms. The standard InChI is InChI=1S/C12H26N4/c1-4-13-12(15-10-11-6-7-11)14-8-5-9-16(2)3/h11H,4-10H2,1-3H3,(H2,13,14,15). The van der Waals surface area contributed by atoms with Gasteiger partial charge in [0.15, 0.2) is 5.96 Å². The third-order valence-corrected chi connectivity index (χ3v) is 2.62. The van der Waals surface area contributed by atoms with Gasteiger partial charge in [0.1, 0.15) is 0 Å². The van der Waals surface area contributed by atoms with Gasteiger partial charge >= 0.3 is 0 Å². The Hall–Kier alpha value is -0.770. The number of hydrogen-bond donors (Lipinski definition) is 2. The molecule has 0 aromatic rings. The lowest BCUT2D eigenvalue weighted by Gasteiger charge is -2.13. The molecule has 0 atom stereocenters. The zero-order valence-corrected chi connectivity index (χ0v) is 10.9. The molecular weight excluding hydrogens is 200 g/mol. The first kappa shape index (κ1) is 13.3. The molecule has 4 heteroatoms. The predicted molar refractivity (Wildman–Crippen MR) is 69.9 cm³/mol. The van der Waals surface area contributed by atoms with Crippen molar-refractivity contribution in [2.24, 2.45) is 10.9 Å². The van der Waals surface area contributed by atoms with Crippen molar-refractivity contribution in [1.82, 2.24) is 15.5 Å². The van der Waals surface area contributed by atoms with Crippen molar-refractivity contribution in [3.8, 4) is 0 Å². The van der Waals surface area contributed by atoms with Gasteiger partial charge in [-0.15, -0.1) is 0 Å². The van der Waals surface area contributed by atoms with Gasteiger partial charge in [0.2, 0.25) is 0 Å². The number of nitrogens with one attached hydrogen (secondary N) is 2. The summed E-state index contributed by atoms with van der Waals surface area (Å²) in [7, 11) is 4.21. The molecule has 0 heterocycles. The highest BCUT2D eigenvalue weighted by Gasteiger charge is 2.20. The normalized spacial score (nSPS) is 16.6. The molecular formula is C12H26N4. The topological polar surface area (TPSA) is 39.7 Å². The smallest absolute Gasteiger partial charge is 0.191 e. The molecule has 1 aliphatic rings. The van der Waals surface area contributed by atoms with Crippen LogP contribution in [-0.2, 0) is 0 Å². The summed E-state index contributed by atoms with van der Waals surface area (Å²) in [5, 5.41) is 6.65. The molecule has 1 aliphatic carbocycles. The van der Waals surface area contributed by atoms with Crippen LogP contribution in [0.1, 0.15) is 26.2 Å². The van der Waals surface area contributed by atoms with E-state index in [1.165, 1.54) is 12.8 Å². The highest BCUT2D eigenvalue weighted by molar-refractivity contribution is 5.79. The summed E-state index contributed by atoms with van der Waals surface area (Å²) in [5.41, 5.74) is 0. The molecule has 0 bridgehead atoms. The van der Waals surface area contributed by atoms with Crippen LogP contribution < -0.4 is 10.6 Å². The molecule has 1 saturated carbocycles. The number of rotatable bonds is 7. The maximum Gasteiger partial charge on any atom is 0.191 e. The summed E-state index contributed by atoms with van der Waals surface area (Å²) in [5.74, 6) is 1.84. The zero-order valence-electron chi connectivity index (χ0n) is 10.9. The van der Waals surface area contributed by atoms with Crippen LogP contribution >= 0.6 is 0 Å².